The summed E-state index contributed by atoms with van der Waals surface area (Å²) in [5, 5.41) is 18.9. The average molecular weight is 342 g/mol. The van der Waals surface area contributed by atoms with Crippen molar-refractivity contribution in [1.29, 1.82) is 0 Å². The second-order valence-electron chi connectivity index (χ2n) is 7.41. The monoisotopic (exact) mass is 342 g/mol. The molecule has 0 amide bonds. The summed E-state index contributed by atoms with van der Waals surface area (Å²) in [4.78, 5) is 22.7. The Morgan fingerprint density at radius 1 is 0.957 bits per heavy atom. The predicted octanol–water partition coefficient (Wildman–Crippen LogP) is 4.23. The van der Waals surface area contributed by atoms with Gasteiger partial charge in [0, 0.05) is 0 Å². The molecule has 2 aliphatic rings. The van der Waals surface area contributed by atoms with Gasteiger partial charge in [0.2, 0.25) is 0 Å². The molecule has 5 unspecified atom stereocenters. The van der Waals surface area contributed by atoms with Crippen LogP contribution in [-0.4, -0.2) is 33.5 Å². The predicted molar refractivity (Wildman–Crippen MR) is 93.4 cm³/mol. The molecule has 2 aliphatic carbocycles. The van der Waals surface area contributed by atoms with Gasteiger partial charge in [0.15, 0.2) is 0 Å². The van der Waals surface area contributed by atoms with E-state index in [0.29, 0.717) is 11.8 Å². The van der Waals surface area contributed by atoms with Crippen molar-refractivity contribution in [2.24, 2.45) is 23.7 Å². The third kappa shape index (κ3) is 3.90. The third-order valence-corrected chi connectivity index (χ3v) is 8.89. The molecule has 0 heterocycles. The first-order valence-corrected chi connectivity index (χ1v) is 10.4. The molecule has 6 atom stereocenters. The van der Waals surface area contributed by atoms with Crippen molar-refractivity contribution < 1.29 is 19.8 Å². The quantitative estimate of drug-likeness (QED) is 0.648. The fourth-order valence-electron chi connectivity index (χ4n) is 5.03. The van der Waals surface area contributed by atoms with E-state index < -0.39 is 11.9 Å². The largest absolute Gasteiger partial charge is 0.481 e. The minimum Gasteiger partial charge on any atom is -0.481 e. The number of rotatable bonds is 8. The Kier molecular flexibility index (Phi) is 6.48. The van der Waals surface area contributed by atoms with E-state index in [9.17, 15) is 19.8 Å². The van der Waals surface area contributed by atoms with Crippen LogP contribution < -0.4 is 0 Å². The Bertz CT molecular complexity index is 405. The molecular formula is C18H31O4P. The Morgan fingerprint density at radius 3 is 1.74 bits per heavy atom. The van der Waals surface area contributed by atoms with E-state index in [4.69, 9.17) is 0 Å². The van der Waals surface area contributed by atoms with E-state index in [1.807, 2.05) is 0 Å². The van der Waals surface area contributed by atoms with Crippen LogP contribution in [0.1, 0.15) is 65.2 Å². The lowest BCUT2D eigenvalue weighted by molar-refractivity contribution is -0.142. The van der Waals surface area contributed by atoms with Crippen LogP contribution in [0.15, 0.2) is 0 Å². The normalized spacial score (nSPS) is 34.0. The molecule has 23 heavy (non-hydrogen) atoms. The molecule has 4 nitrogen and oxygen atoms in total. The number of carboxylic acid groups (broad SMARTS) is 2. The van der Waals surface area contributed by atoms with Gasteiger partial charge in [-0.25, -0.2) is 0 Å². The van der Waals surface area contributed by atoms with Gasteiger partial charge in [-0.2, -0.15) is 0 Å². The Morgan fingerprint density at radius 2 is 1.43 bits per heavy atom. The maximum Gasteiger partial charge on any atom is 0.306 e. The molecule has 2 N–H and O–H groups in total. The van der Waals surface area contributed by atoms with Crippen LogP contribution in [0.25, 0.3) is 0 Å². The SMILES string of the molecule is CCCPC(CC)(C1CCC(C(=O)O)C1)[C@H]1CCC(C(=O)O)C1. The van der Waals surface area contributed by atoms with Crippen molar-refractivity contribution in [3.8, 4) is 0 Å². The first-order valence-electron chi connectivity index (χ1n) is 9.15. The molecule has 132 valence electrons. The first kappa shape index (κ1) is 18.7. The minimum absolute atomic E-state index is 0.185. The van der Waals surface area contributed by atoms with Crippen molar-refractivity contribution in [1.82, 2.24) is 0 Å². The molecule has 0 spiro atoms. The van der Waals surface area contributed by atoms with Gasteiger partial charge in [0.1, 0.15) is 0 Å². The second-order valence-corrected chi connectivity index (χ2v) is 9.20. The van der Waals surface area contributed by atoms with Gasteiger partial charge in [0.05, 0.1) is 11.8 Å². The lowest BCUT2D eigenvalue weighted by Gasteiger charge is -2.44. The van der Waals surface area contributed by atoms with E-state index in [-0.39, 0.29) is 17.0 Å². The molecule has 0 bridgehead atoms. The van der Waals surface area contributed by atoms with Gasteiger partial charge >= 0.3 is 11.9 Å². The van der Waals surface area contributed by atoms with Crippen molar-refractivity contribution in [2.75, 3.05) is 6.16 Å². The maximum absolute atomic E-state index is 11.4. The molecule has 0 radical (unpaired) electrons. The highest BCUT2D eigenvalue weighted by Crippen LogP contribution is 2.58. The smallest absolute Gasteiger partial charge is 0.306 e. The number of carbonyl (C=O) groups is 2. The van der Waals surface area contributed by atoms with Gasteiger partial charge in [-0.05, 0) is 68.1 Å². The lowest BCUT2D eigenvalue weighted by Crippen LogP contribution is -2.39. The number of carboxylic acids is 2. The van der Waals surface area contributed by atoms with Crippen molar-refractivity contribution in [3.05, 3.63) is 0 Å². The second kappa shape index (κ2) is 7.96. The Hall–Kier alpha value is -0.630. The Balaban J connectivity index is 2.18. The zero-order valence-electron chi connectivity index (χ0n) is 14.4. The first-order chi connectivity index (χ1) is 10.9. The standard InChI is InChI=1S/C18H31O4P/c1-3-9-23-18(4-2,14-7-5-12(10-14)16(19)20)15-8-6-13(11-15)17(21)22/h12-15,23H,3-11H2,1-2H3,(H,19,20)(H,21,22)/t12?,13?,14-,15?,18?/m0/s1. The van der Waals surface area contributed by atoms with Gasteiger partial charge in [-0.3, -0.25) is 9.59 Å². The number of hydrogen-bond acceptors (Lipinski definition) is 2. The average Bonchev–Trinajstić information content (AvgIpc) is 3.18. The highest BCUT2D eigenvalue weighted by Gasteiger charge is 2.50. The van der Waals surface area contributed by atoms with Gasteiger partial charge in [-0.1, -0.05) is 20.3 Å². The molecule has 0 aromatic carbocycles. The van der Waals surface area contributed by atoms with Gasteiger partial charge < -0.3 is 10.2 Å². The molecular weight excluding hydrogens is 311 g/mol. The molecule has 5 heteroatoms. The summed E-state index contributed by atoms with van der Waals surface area (Å²) in [5.74, 6) is -0.729. The van der Waals surface area contributed by atoms with Crippen LogP contribution in [0.5, 0.6) is 0 Å². The Labute approximate surface area is 141 Å². The number of hydrogen-bond donors (Lipinski definition) is 2. The van der Waals surface area contributed by atoms with Crippen LogP contribution in [0.4, 0.5) is 0 Å². The highest BCUT2D eigenvalue weighted by molar-refractivity contribution is 7.40. The van der Waals surface area contributed by atoms with E-state index in [1.165, 1.54) is 6.16 Å². The molecule has 2 rings (SSSR count). The zero-order chi connectivity index (χ0) is 17.0. The van der Waals surface area contributed by atoms with E-state index in [2.05, 4.69) is 13.8 Å². The maximum atomic E-state index is 11.4. The van der Waals surface area contributed by atoms with Crippen LogP contribution in [0.2, 0.25) is 0 Å². The van der Waals surface area contributed by atoms with Gasteiger partial charge in [0.25, 0.3) is 0 Å². The fraction of sp³-hybridized carbons (Fsp3) is 0.889. The van der Waals surface area contributed by atoms with E-state index in [0.717, 1.165) is 59.9 Å². The molecule has 0 aromatic rings. The number of aliphatic carboxylic acids is 2. The van der Waals surface area contributed by atoms with Crippen molar-refractivity contribution >= 4 is 20.5 Å². The fourth-order valence-corrected chi connectivity index (χ4v) is 7.10. The summed E-state index contributed by atoms with van der Waals surface area (Å²) in [6.07, 6.45) is 8.63. The summed E-state index contributed by atoms with van der Waals surface area (Å²) in [7, 11) is 0.842. The minimum atomic E-state index is -0.647. The third-order valence-electron chi connectivity index (χ3n) is 6.31. The van der Waals surface area contributed by atoms with Crippen LogP contribution >= 0.6 is 8.58 Å². The lowest BCUT2D eigenvalue weighted by atomic mass is 9.76. The van der Waals surface area contributed by atoms with Crippen molar-refractivity contribution in [3.63, 3.8) is 0 Å². The van der Waals surface area contributed by atoms with Crippen LogP contribution in [0.3, 0.4) is 0 Å². The van der Waals surface area contributed by atoms with Crippen molar-refractivity contribution in [2.45, 2.75) is 70.4 Å². The molecule has 0 aliphatic heterocycles. The van der Waals surface area contributed by atoms with Crippen LogP contribution in [-0.2, 0) is 9.59 Å². The summed E-state index contributed by atoms with van der Waals surface area (Å²) in [6.45, 7) is 4.45. The molecule has 2 saturated carbocycles. The highest BCUT2D eigenvalue weighted by atomic mass is 31.1. The molecule has 2 fully saturated rings. The van der Waals surface area contributed by atoms with Crippen LogP contribution in [0, 0.1) is 23.7 Å². The summed E-state index contributed by atoms with van der Waals surface area (Å²) in [6, 6.07) is 0. The van der Waals surface area contributed by atoms with Gasteiger partial charge in [-0.15, -0.1) is 8.58 Å². The summed E-state index contributed by atoms with van der Waals surface area (Å²) >= 11 is 0. The molecule has 0 aromatic heterocycles. The summed E-state index contributed by atoms with van der Waals surface area (Å²) in [5.41, 5.74) is 0. The van der Waals surface area contributed by atoms with E-state index >= 15 is 0 Å². The van der Waals surface area contributed by atoms with E-state index in [1.54, 1.807) is 0 Å². The topological polar surface area (TPSA) is 74.6 Å². The zero-order valence-corrected chi connectivity index (χ0v) is 15.4. The molecule has 0 saturated heterocycles. The summed E-state index contributed by atoms with van der Waals surface area (Å²) < 4.78 is 0.